The normalized spacial score (nSPS) is 15.7. The van der Waals surface area contributed by atoms with E-state index in [2.05, 4.69) is 5.32 Å². The molecule has 0 aliphatic heterocycles. The first-order valence-corrected chi connectivity index (χ1v) is 3.11. The Morgan fingerprint density at radius 2 is 2.11 bits per heavy atom. The number of rotatable bonds is 3. The molecule has 1 atom stereocenters. The van der Waals surface area contributed by atoms with Crippen LogP contribution in [0.3, 0.4) is 0 Å². The van der Waals surface area contributed by atoms with Crippen LogP contribution >= 0.6 is 0 Å². The SMILES string of the molecule is CNCC(N)C(C)(C)O. The molecule has 3 nitrogen and oxygen atoms in total. The maximum Gasteiger partial charge on any atom is 0.0754 e. The molecular weight excluding hydrogens is 116 g/mol. The van der Waals surface area contributed by atoms with Crippen molar-refractivity contribution in [2.75, 3.05) is 13.6 Å². The molecule has 56 valence electrons. The van der Waals surface area contributed by atoms with Crippen molar-refractivity contribution < 1.29 is 5.11 Å². The van der Waals surface area contributed by atoms with Crippen LogP contribution in [0.15, 0.2) is 0 Å². The van der Waals surface area contributed by atoms with Crippen LogP contribution in [0.5, 0.6) is 0 Å². The molecule has 0 radical (unpaired) electrons. The number of likely N-dealkylation sites (N-methyl/N-ethyl adjacent to an activating group) is 1. The van der Waals surface area contributed by atoms with Gasteiger partial charge in [0, 0.05) is 12.6 Å². The lowest BCUT2D eigenvalue weighted by Crippen LogP contribution is -2.48. The smallest absolute Gasteiger partial charge is 0.0754 e. The number of hydrogen-bond donors (Lipinski definition) is 3. The molecule has 0 spiro atoms. The van der Waals surface area contributed by atoms with Crippen molar-refractivity contribution in [2.45, 2.75) is 25.5 Å². The van der Waals surface area contributed by atoms with E-state index in [0.717, 1.165) is 0 Å². The molecule has 0 fully saturated rings. The second-order valence-corrected chi connectivity index (χ2v) is 2.82. The molecule has 0 amide bonds. The largest absolute Gasteiger partial charge is 0.389 e. The van der Waals surface area contributed by atoms with Gasteiger partial charge in [-0.1, -0.05) is 0 Å². The molecule has 0 bridgehead atoms. The van der Waals surface area contributed by atoms with Gasteiger partial charge in [0.15, 0.2) is 0 Å². The maximum atomic E-state index is 9.25. The fourth-order valence-corrected chi connectivity index (χ4v) is 0.470. The Kier molecular flexibility index (Phi) is 3.11. The van der Waals surface area contributed by atoms with Crippen LogP contribution in [0.2, 0.25) is 0 Å². The fourth-order valence-electron chi connectivity index (χ4n) is 0.470. The van der Waals surface area contributed by atoms with Gasteiger partial charge in [-0.2, -0.15) is 0 Å². The van der Waals surface area contributed by atoms with Crippen LogP contribution in [-0.2, 0) is 0 Å². The Morgan fingerprint density at radius 3 is 2.22 bits per heavy atom. The summed E-state index contributed by atoms with van der Waals surface area (Å²) >= 11 is 0. The van der Waals surface area contributed by atoms with Crippen molar-refractivity contribution in [1.29, 1.82) is 0 Å². The summed E-state index contributed by atoms with van der Waals surface area (Å²) in [4.78, 5) is 0. The molecule has 0 aromatic carbocycles. The van der Waals surface area contributed by atoms with Gasteiger partial charge >= 0.3 is 0 Å². The van der Waals surface area contributed by atoms with Gasteiger partial charge in [-0.25, -0.2) is 0 Å². The number of aliphatic hydroxyl groups is 1. The molecule has 0 aromatic heterocycles. The number of nitrogens with one attached hydrogen (secondary N) is 1. The third kappa shape index (κ3) is 3.46. The van der Waals surface area contributed by atoms with E-state index >= 15 is 0 Å². The average Bonchev–Trinajstić information content (AvgIpc) is 1.64. The zero-order valence-electron chi connectivity index (χ0n) is 6.31. The highest BCUT2D eigenvalue weighted by Crippen LogP contribution is 2.03. The second kappa shape index (κ2) is 3.15. The van der Waals surface area contributed by atoms with E-state index in [0.29, 0.717) is 6.54 Å². The summed E-state index contributed by atoms with van der Waals surface area (Å²) in [6, 6.07) is -0.192. The Hall–Kier alpha value is -0.120. The molecule has 0 saturated carbocycles. The topological polar surface area (TPSA) is 58.3 Å². The van der Waals surface area contributed by atoms with Crippen LogP contribution in [-0.4, -0.2) is 30.3 Å². The van der Waals surface area contributed by atoms with Gasteiger partial charge in [-0.05, 0) is 20.9 Å². The predicted molar refractivity (Wildman–Crippen MR) is 38.2 cm³/mol. The van der Waals surface area contributed by atoms with Crippen LogP contribution in [0, 0.1) is 0 Å². The first-order chi connectivity index (χ1) is 3.98. The first kappa shape index (κ1) is 8.88. The minimum absolute atomic E-state index is 0.192. The highest BCUT2D eigenvalue weighted by Gasteiger charge is 2.21. The minimum atomic E-state index is -0.775. The standard InChI is InChI=1S/C6H16N2O/c1-6(2,9)5(7)4-8-3/h5,8-9H,4,7H2,1-3H3. The minimum Gasteiger partial charge on any atom is -0.389 e. The highest BCUT2D eigenvalue weighted by molar-refractivity contribution is 4.81. The lowest BCUT2D eigenvalue weighted by Gasteiger charge is -2.24. The van der Waals surface area contributed by atoms with Gasteiger partial charge in [0.1, 0.15) is 0 Å². The van der Waals surface area contributed by atoms with Crippen LogP contribution in [0.4, 0.5) is 0 Å². The first-order valence-electron chi connectivity index (χ1n) is 3.11. The molecule has 1 unspecified atom stereocenters. The van der Waals surface area contributed by atoms with E-state index in [9.17, 15) is 5.11 Å². The van der Waals surface area contributed by atoms with E-state index in [-0.39, 0.29) is 6.04 Å². The molecule has 0 aromatic rings. The van der Waals surface area contributed by atoms with Crippen LogP contribution < -0.4 is 11.1 Å². The van der Waals surface area contributed by atoms with Crippen molar-refractivity contribution in [1.82, 2.24) is 5.32 Å². The Morgan fingerprint density at radius 1 is 1.67 bits per heavy atom. The summed E-state index contributed by atoms with van der Waals surface area (Å²) in [5, 5.41) is 12.1. The van der Waals surface area contributed by atoms with E-state index in [1.54, 1.807) is 13.8 Å². The van der Waals surface area contributed by atoms with Gasteiger partial charge in [0.2, 0.25) is 0 Å². The highest BCUT2D eigenvalue weighted by atomic mass is 16.3. The van der Waals surface area contributed by atoms with E-state index in [1.807, 2.05) is 7.05 Å². The lowest BCUT2D eigenvalue weighted by molar-refractivity contribution is 0.0527. The summed E-state index contributed by atoms with van der Waals surface area (Å²) in [6.07, 6.45) is 0. The van der Waals surface area contributed by atoms with Gasteiger partial charge in [0.25, 0.3) is 0 Å². The molecular formula is C6H16N2O. The number of nitrogens with two attached hydrogens (primary N) is 1. The monoisotopic (exact) mass is 132 g/mol. The van der Waals surface area contributed by atoms with Crippen molar-refractivity contribution >= 4 is 0 Å². The molecule has 0 heterocycles. The lowest BCUT2D eigenvalue weighted by atomic mass is 10.0. The van der Waals surface area contributed by atoms with Gasteiger partial charge in [-0.15, -0.1) is 0 Å². The van der Waals surface area contributed by atoms with Gasteiger partial charge in [0.05, 0.1) is 5.60 Å². The zero-order valence-corrected chi connectivity index (χ0v) is 6.31. The molecule has 0 aliphatic carbocycles. The molecule has 0 saturated heterocycles. The molecule has 0 rings (SSSR count). The fraction of sp³-hybridized carbons (Fsp3) is 1.00. The Balaban J connectivity index is 3.59. The average molecular weight is 132 g/mol. The molecule has 9 heavy (non-hydrogen) atoms. The van der Waals surface area contributed by atoms with Crippen LogP contribution in [0.25, 0.3) is 0 Å². The zero-order chi connectivity index (χ0) is 7.49. The van der Waals surface area contributed by atoms with Gasteiger partial charge in [-0.3, -0.25) is 0 Å². The van der Waals surface area contributed by atoms with Crippen molar-refractivity contribution in [3.8, 4) is 0 Å². The molecule has 4 N–H and O–H groups in total. The summed E-state index contributed by atoms with van der Waals surface area (Å²) in [5.74, 6) is 0. The molecule has 0 aliphatic rings. The second-order valence-electron chi connectivity index (χ2n) is 2.82. The molecule has 3 heteroatoms. The summed E-state index contributed by atoms with van der Waals surface area (Å²) in [7, 11) is 1.81. The Labute approximate surface area is 56.2 Å². The van der Waals surface area contributed by atoms with E-state index < -0.39 is 5.60 Å². The summed E-state index contributed by atoms with van der Waals surface area (Å²) in [6.45, 7) is 4.05. The van der Waals surface area contributed by atoms with Crippen molar-refractivity contribution in [3.05, 3.63) is 0 Å². The van der Waals surface area contributed by atoms with Crippen LogP contribution in [0.1, 0.15) is 13.8 Å². The van der Waals surface area contributed by atoms with E-state index in [4.69, 9.17) is 5.73 Å². The van der Waals surface area contributed by atoms with Gasteiger partial charge < -0.3 is 16.2 Å². The summed E-state index contributed by atoms with van der Waals surface area (Å²) in [5.41, 5.74) is 4.77. The third-order valence-corrected chi connectivity index (χ3v) is 1.33. The van der Waals surface area contributed by atoms with Crippen molar-refractivity contribution in [3.63, 3.8) is 0 Å². The maximum absolute atomic E-state index is 9.25. The quantitative estimate of drug-likeness (QED) is 0.476. The van der Waals surface area contributed by atoms with Crippen molar-refractivity contribution in [2.24, 2.45) is 5.73 Å². The predicted octanol–water partition coefficient (Wildman–Crippen LogP) is -0.696. The summed E-state index contributed by atoms with van der Waals surface area (Å²) < 4.78 is 0. The van der Waals surface area contributed by atoms with E-state index in [1.165, 1.54) is 0 Å². The third-order valence-electron chi connectivity index (χ3n) is 1.33. The number of hydrogen-bond acceptors (Lipinski definition) is 3. The Bertz CT molecular complexity index is 77.6.